The largest absolute Gasteiger partial charge is 0.494 e. The van der Waals surface area contributed by atoms with Crippen LogP contribution in [0.15, 0.2) is 28.8 Å². The molecule has 0 unspecified atom stereocenters. The van der Waals surface area contributed by atoms with E-state index in [0.717, 1.165) is 6.26 Å². The molecule has 1 heterocycles. The van der Waals surface area contributed by atoms with Gasteiger partial charge in [-0.05, 0) is 31.9 Å². The Morgan fingerprint density at radius 2 is 2.15 bits per heavy atom. The number of ether oxygens (including phenoxy) is 1. The number of methoxy groups -OCH3 is 1. The first-order valence-electron chi connectivity index (χ1n) is 7.56. The molecule has 1 aromatic heterocycles. The molecule has 0 aliphatic heterocycles. The van der Waals surface area contributed by atoms with Crippen molar-refractivity contribution in [3.63, 3.8) is 0 Å². The van der Waals surface area contributed by atoms with E-state index in [4.69, 9.17) is 14.5 Å². The Kier molecular flexibility index (Phi) is 5.67. The number of carbonyl (C=O) groups excluding carboxylic acids is 1. The Labute approximate surface area is 149 Å². The summed E-state index contributed by atoms with van der Waals surface area (Å²) in [6.07, 6.45) is 0.818. The minimum atomic E-state index is -3.81. The molecule has 0 fully saturated rings. The van der Waals surface area contributed by atoms with E-state index in [0.29, 0.717) is 5.69 Å². The fraction of sp³-hybridized carbons (Fsp3) is 0.375. The number of hydrogen-bond donors (Lipinski definition) is 2. The molecule has 0 saturated heterocycles. The lowest BCUT2D eigenvalue weighted by Gasteiger charge is -2.24. The fourth-order valence-corrected chi connectivity index (χ4v) is 3.22. The highest BCUT2D eigenvalue weighted by molar-refractivity contribution is 7.92. The minimum Gasteiger partial charge on any atom is -0.494 e. The van der Waals surface area contributed by atoms with Crippen molar-refractivity contribution in [1.82, 2.24) is 10.6 Å². The predicted molar refractivity (Wildman–Crippen MR) is 89.9 cm³/mol. The molecule has 0 bridgehead atoms. The smallest absolute Gasteiger partial charge is 0.264 e. The van der Waals surface area contributed by atoms with Gasteiger partial charge < -0.3 is 9.26 Å². The van der Waals surface area contributed by atoms with Gasteiger partial charge in [0, 0.05) is 12.3 Å². The van der Waals surface area contributed by atoms with E-state index in [1.54, 1.807) is 6.07 Å². The maximum absolute atomic E-state index is 14.3. The van der Waals surface area contributed by atoms with Crippen molar-refractivity contribution >= 4 is 15.7 Å². The molecule has 0 saturated carbocycles. The molecule has 1 atom stereocenters. The lowest BCUT2D eigenvalue weighted by molar-refractivity contribution is -0.131. The van der Waals surface area contributed by atoms with Crippen molar-refractivity contribution in [2.24, 2.45) is 0 Å². The lowest BCUT2D eigenvalue weighted by atomic mass is 10.0. The first-order chi connectivity index (χ1) is 12.1. The summed E-state index contributed by atoms with van der Waals surface area (Å²) < 4.78 is 46.3. The Balaban J connectivity index is 2.25. The van der Waals surface area contributed by atoms with Gasteiger partial charge in [0.15, 0.2) is 27.2 Å². The zero-order valence-electron chi connectivity index (χ0n) is 14.4. The van der Waals surface area contributed by atoms with Crippen molar-refractivity contribution in [3.05, 3.63) is 35.8 Å². The SMILES string of the molecule is COc1cccc(-c2cc(CC[C@](C)(C(=O)NO)S(C)(=O)=O)no2)c1F. The molecule has 0 spiro atoms. The number of carbonyl (C=O) groups is 1. The average molecular weight is 386 g/mol. The number of amides is 1. The van der Waals surface area contributed by atoms with Crippen molar-refractivity contribution in [2.45, 2.75) is 24.5 Å². The third-order valence-corrected chi connectivity index (χ3v) is 6.29. The quantitative estimate of drug-likeness (QED) is 0.549. The Hall–Kier alpha value is -2.46. The number of nitrogens with zero attached hydrogens (tertiary/aromatic N) is 1. The van der Waals surface area contributed by atoms with E-state index in [-0.39, 0.29) is 29.9 Å². The number of aryl methyl sites for hydroxylation is 1. The maximum atomic E-state index is 14.3. The number of nitrogens with one attached hydrogen (secondary N) is 1. The first-order valence-corrected chi connectivity index (χ1v) is 9.45. The van der Waals surface area contributed by atoms with Crippen LogP contribution in [-0.4, -0.2) is 42.8 Å². The van der Waals surface area contributed by atoms with E-state index >= 15 is 0 Å². The molecular weight excluding hydrogens is 367 g/mol. The van der Waals surface area contributed by atoms with Crippen molar-refractivity contribution in [2.75, 3.05) is 13.4 Å². The topological polar surface area (TPSA) is 119 Å². The van der Waals surface area contributed by atoms with Gasteiger partial charge >= 0.3 is 0 Å². The Bertz CT molecular complexity index is 911. The number of aromatic nitrogens is 1. The van der Waals surface area contributed by atoms with Gasteiger partial charge in [0.25, 0.3) is 5.91 Å². The summed E-state index contributed by atoms with van der Waals surface area (Å²) in [6, 6.07) is 5.99. The van der Waals surface area contributed by atoms with Gasteiger partial charge in [0.2, 0.25) is 0 Å². The maximum Gasteiger partial charge on any atom is 0.264 e. The highest BCUT2D eigenvalue weighted by Crippen LogP contribution is 2.30. The molecular formula is C16H19FN2O6S. The Morgan fingerprint density at radius 3 is 2.73 bits per heavy atom. The van der Waals surface area contributed by atoms with Gasteiger partial charge in [0.1, 0.15) is 4.75 Å². The zero-order valence-corrected chi connectivity index (χ0v) is 15.3. The first kappa shape index (κ1) is 19.9. The minimum absolute atomic E-state index is 0.0460. The second kappa shape index (κ2) is 7.42. The van der Waals surface area contributed by atoms with Gasteiger partial charge in [0.05, 0.1) is 18.4 Å². The van der Waals surface area contributed by atoms with Crippen LogP contribution in [0, 0.1) is 5.82 Å². The van der Waals surface area contributed by atoms with Crippen LogP contribution in [0.25, 0.3) is 11.3 Å². The zero-order chi connectivity index (χ0) is 19.5. The molecule has 0 aliphatic carbocycles. The number of hydroxylamine groups is 1. The average Bonchev–Trinajstić information content (AvgIpc) is 3.06. The van der Waals surface area contributed by atoms with Gasteiger partial charge in [-0.1, -0.05) is 11.2 Å². The molecule has 8 nitrogen and oxygen atoms in total. The number of hydrogen-bond acceptors (Lipinski definition) is 7. The third kappa shape index (κ3) is 3.70. The number of rotatable bonds is 7. The summed E-state index contributed by atoms with van der Waals surface area (Å²) >= 11 is 0. The summed E-state index contributed by atoms with van der Waals surface area (Å²) in [5.74, 6) is -1.46. The number of benzene rings is 1. The van der Waals surface area contributed by atoms with Crippen LogP contribution in [-0.2, 0) is 21.1 Å². The Morgan fingerprint density at radius 1 is 1.46 bits per heavy atom. The van der Waals surface area contributed by atoms with Crippen LogP contribution < -0.4 is 10.2 Å². The molecule has 2 aromatic rings. The highest BCUT2D eigenvalue weighted by atomic mass is 32.2. The third-order valence-electron chi connectivity index (χ3n) is 4.27. The van der Waals surface area contributed by atoms with Gasteiger partial charge in [-0.3, -0.25) is 10.0 Å². The molecule has 1 aromatic carbocycles. The standard InChI is InChI=1S/C16H19FN2O6S/c1-16(15(20)18-21,26(3,22)23)8-7-10-9-13(25-19-10)11-5-4-6-12(24-2)14(11)17/h4-6,9,21H,7-8H2,1-3H3,(H,18,20)/t16-/m1/s1. The highest BCUT2D eigenvalue weighted by Gasteiger charge is 2.43. The van der Waals surface area contributed by atoms with Crippen molar-refractivity contribution < 1.29 is 32.1 Å². The summed E-state index contributed by atoms with van der Waals surface area (Å²) in [6.45, 7) is 1.20. The summed E-state index contributed by atoms with van der Waals surface area (Å²) in [5.41, 5.74) is 1.85. The van der Waals surface area contributed by atoms with Crippen molar-refractivity contribution in [1.29, 1.82) is 0 Å². The van der Waals surface area contributed by atoms with E-state index in [9.17, 15) is 17.6 Å². The second-order valence-electron chi connectivity index (χ2n) is 5.95. The summed E-state index contributed by atoms with van der Waals surface area (Å²) in [5, 5.41) is 12.6. The summed E-state index contributed by atoms with van der Waals surface area (Å²) in [7, 11) is -2.47. The van der Waals surface area contributed by atoms with Crippen molar-refractivity contribution in [3.8, 4) is 17.1 Å². The number of sulfone groups is 1. The van der Waals surface area contributed by atoms with Crippen LogP contribution in [0.2, 0.25) is 0 Å². The molecule has 0 aliphatic rings. The monoisotopic (exact) mass is 386 g/mol. The van der Waals surface area contributed by atoms with Crippen LogP contribution in [0.4, 0.5) is 4.39 Å². The van der Waals surface area contributed by atoms with Crippen LogP contribution in [0.3, 0.4) is 0 Å². The van der Waals surface area contributed by atoms with Crippen LogP contribution in [0.5, 0.6) is 5.75 Å². The molecule has 0 radical (unpaired) electrons. The van der Waals surface area contributed by atoms with Gasteiger partial charge in [-0.2, -0.15) is 0 Å². The molecule has 1 amide bonds. The molecule has 2 rings (SSSR count). The predicted octanol–water partition coefficient (Wildman–Crippen LogP) is 1.73. The molecule has 26 heavy (non-hydrogen) atoms. The van der Waals surface area contributed by atoms with Gasteiger partial charge in [-0.15, -0.1) is 0 Å². The fourth-order valence-electron chi connectivity index (χ4n) is 2.37. The van der Waals surface area contributed by atoms with E-state index < -0.39 is 26.3 Å². The molecule has 10 heteroatoms. The van der Waals surface area contributed by atoms with E-state index in [1.165, 1.54) is 37.7 Å². The second-order valence-corrected chi connectivity index (χ2v) is 8.39. The van der Waals surface area contributed by atoms with E-state index in [1.807, 2.05) is 0 Å². The molecule has 142 valence electrons. The number of halogens is 1. The lowest BCUT2D eigenvalue weighted by Crippen LogP contribution is -2.49. The van der Waals surface area contributed by atoms with E-state index in [2.05, 4.69) is 5.16 Å². The van der Waals surface area contributed by atoms with Gasteiger partial charge in [-0.25, -0.2) is 18.3 Å². The van der Waals surface area contributed by atoms with Crippen LogP contribution in [0.1, 0.15) is 19.0 Å². The summed E-state index contributed by atoms with van der Waals surface area (Å²) in [4.78, 5) is 11.8. The molecule has 2 N–H and O–H groups in total. The van der Waals surface area contributed by atoms with Crippen LogP contribution >= 0.6 is 0 Å². The normalized spacial score (nSPS) is 13.9.